The van der Waals surface area contributed by atoms with Crippen LogP contribution in [0.25, 0.3) is 0 Å². The van der Waals surface area contributed by atoms with E-state index in [1.807, 2.05) is 0 Å². The molecule has 150 valence electrons. The van der Waals surface area contributed by atoms with Crippen LogP contribution in [0.4, 0.5) is 0 Å². The normalized spacial score (nSPS) is 49.8. The molecule has 5 aliphatic rings. The summed E-state index contributed by atoms with van der Waals surface area (Å²) in [5.74, 6) is 2.69. The maximum absolute atomic E-state index is 12.6. The second-order valence-corrected chi connectivity index (χ2v) is 10.5. The number of hydrogen-bond acceptors (Lipinski definition) is 3. The Hall–Kier alpha value is -0.670. The molecular formula is C24H36O3. The number of allylic oxidation sites excluding steroid dienone is 1. The van der Waals surface area contributed by atoms with Gasteiger partial charge in [-0.2, -0.15) is 0 Å². The fraction of sp³-hybridized carbons (Fsp3) is 0.875. The third-order valence-electron chi connectivity index (χ3n) is 9.27. The largest absolute Gasteiger partial charge is 0.379 e. The van der Waals surface area contributed by atoms with Crippen LogP contribution in [0.3, 0.4) is 0 Å². The van der Waals surface area contributed by atoms with Crippen molar-refractivity contribution in [3.63, 3.8) is 0 Å². The van der Waals surface area contributed by atoms with Gasteiger partial charge >= 0.3 is 0 Å². The predicted octanol–water partition coefficient (Wildman–Crippen LogP) is 5.08. The number of fused-ring (bicyclic) bond motifs is 5. The van der Waals surface area contributed by atoms with E-state index in [-0.39, 0.29) is 5.41 Å². The van der Waals surface area contributed by atoms with Crippen LogP contribution in [0.5, 0.6) is 0 Å². The minimum Gasteiger partial charge on any atom is -0.379 e. The lowest BCUT2D eigenvalue weighted by Gasteiger charge is -2.57. The van der Waals surface area contributed by atoms with E-state index in [1.165, 1.54) is 25.7 Å². The highest BCUT2D eigenvalue weighted by Crippen LogP contribution is 2.64. The lowest BCUT2D eigenvalue weighted by molar-refractivity contribution is -0.132. The fourth-order valence-corrected chi connectivity index (χ4v) is 7.61. The number of hydrogen-bond donors (Lipinski definition) is 0. The van der Waals surface area contributed by atoms with Crippen LogP contribution in [0.15, 0.2) is 11.6 Å². The number of Topliss-reactive ketones (excluding diaryl/α,β-unsaturated/α-hetero) is 1. The average Bonchev–Trinajstić information content (AvgIpc) is 2.98. The van der Waals surface area contributed by atoms with Crippen molar-refractivity contribution in [1.29, 1.82) is 0 Å². The standard InChI is InChI=1S/C24H36O3/c1-23-11-9-17(27-18-4-3-13-26-15-18)14-16(23)5-6-19-20-7-8-22(25)24(20,2)12-10-21(19)23/h5,17-21H,3-4,6-15H2,1-2H3/t17-,18?,19-,20-,21-,23-,24-/m0/s1. The number of rotatable bonds is 2. The Morgan fingerprint density at radius 2 is 1.85 bits per heavy atom. The maximum Gasteiger partial charge on any atom is 0.139 e. The lowest BCUT2D eigenvalue weighted by Crippen LogP contribution is -2.50. The van der Waals surface area contributed by atoms with Crippen LogP contribution in [-0.4, -0.2) is 31.2 Å². The lowest BCUT2D eigenvalue weighted by atomic mass is 9.48. The van der Waals surface area contributed by atoms with Gasteiger partial charge in [-0.1, -0.05) is 25.5 Å². The van der Waals surface area contributed by atoms with E-state index >= 15 is 0 Å². The van der Waals surface area contributed by atoms with Gasteiger partial charge in [0.2, 0.25) is 0 Å². The van der Waals surface area contributed by atoms with Crippen LogP contribution in [0.1, 0.15) is 78.1 Å². The van der Waals surface area contributed by atoms with E-state index < -0.39 is 0 Å². The van der Waals surface area contributed by atoms with Crippen molar-refractivity contribution < 1.29 is 14.3 Å². The molecule has 0 radical (unpaired) electrons. The van der Waals surface area contributed by atoms with E-state index in [4.69, 9.17) is 9.47 Å². The van der Waals surface area contributed by atoms with Crippen molar-refractivity contribution in [2.45, 2.75) is 90.3 Å². The van der Waals surface area contributed by atoms with Crippen LogP contribution >= 0.6 is 0 Å². The molecule has 4 aliphatic carbocycles. The SMILES string of the molecule is C[C@]12CC[C@H](OC3CCCOC3)CC1=CC[C@@H]1[C@@H]2CC[C@]2(C)C(=O)CC[C@@H]12. The summed E-state index contributed by atoms with van der Waals surface area (Å²) < 4.78 is 12.1. The van der Waals surface area contributed by atoms with Crippen molar-refractivity contribution in [2.24, 2.45) is 28.6 Å². The first kappa shape index (κ1) is 18.4. The van der Waals surface area contributed by atoms with Crippen LogP contribution in [-0.2, 0) is 14.3 Å². The van der Waals surface area contributed by atoms with Crippen molar-refractivity contribution in [2.75, 3.05) is 13.2 Å². The van der Waals surface area contributed by atoms with Gasteiger partial charge in [-0.05, 0) is 81.0 Å². The van der Waals surface area contributed by atoms with Gasteiger partial charge < -0.3 is 9.47 Å². The molecule has 3 nitrogen and oxygen atoms in total. The Balaban J connectivity index is 1.32. The van der Waals surface area contributed by atoms with Gasteiger partial charge in [-0.25, -0.2) is 0 Å². The Morgan fingerprint density at radius 1 is 1.04 bits per heavy atom. The molecule has 0 aromatic rings. The monoisotopic (exact) mass is 372 g/mol. The highest BCUT2D eigenvalue weighted by Gasteiger charge is 2.58. The van der Waals surface area contributed by atoms with E-state index in [0.29, 0.717) is 29.3 Å². The van der Waals surface area contributed by atoms with Gasteiger partial charge in [0.1, 0.15) is 5.78 Å². The van der Waals surface area contributed by atoms with Gasteiger partial charge in [0.15, 0.2) is 0 Å². The summed E-state index contributed by atoms with van der Waals surface area (Å²) in [5.41, 5.74) is 2.01. The highest BCUT2D eigenvalue weighted by molar-refractivity contribution is 5.87. The summed E-state index contributed by atoms with van der Waals surface area (Å²) >= 11 is 0. The predicted molar refractivity (Wildman–Crippen MR) is 105 cm³/mol. The fourth-order valence-electron chi connectivity index (χ4n) is 7.61. The van der Waals surface area contributed by atoms with Gasteiger partial charge in [0.05, 0.1) is 18.8 Å². The van der Waals surface area contributed by atoms with E-state index in [1.54, 1.807) is 5.57 Å². The molecule has 5 rings (SSSR count). The molecule has 1 heterocycles. The first-order chi connectivity index (χ1) is 13.0. The molecule has 0 spiro atoms. The molecule has 27 heavy (non-hydrogen) atoms. The molecule has 0 N–H and O–H groups in total. The second kappa shape index (κ2) is 6.69. The van der Waals surface area contributed by atoms with Crippen LogP contribution in [0.2, 0.25) is 0 Å². The van der Waals surface area contributed by atoms with Gasteiger partial charge in [0.25, 0.3) is 0 Å². The maximum atomic E-state index is 12.6. The second-order valence-electron chi connectivity index (χ2n) is 10.5. The summed E-state index contributed by atoms with van der Waals surface area (Å²) in [6.45, 7) is 6.50. The minimum atomic E-state index is -0.00976. The molecule has 0 amide bonds. The highest BCUT2D eigenvalue weighted by atomic mass is 16.5. The summed E-state index contributed by atoms with van der Waals surface area (Å²) in [5, 5.41) is 0. The topological polar surface area (TPSA) is 35.5 Å². The summed E-state index contributed by atoms with van der Waals surface area (Å²) in [6, 6.07) is 0. The molecule has 1 saturated heterocycles. The van der Waals surface area contributed by atoms with Gasteiger partial charge in [0, 0.05) is 18.4 Å². The van der Waals surface area contributed by atoms with Crippen LogP contribution < -0.4 is 0 Å². The third-order valence-corrected chi connectivity index (χ3v) is 9.27. The number of ketones is 1. The van der Waals surface area contributed by atoms with Gasteiger partial charge in [-0.15, -0.1) is 0 Å². The zero-order valence-corrected chi connectivity index (χ0v) is 17.2. The summed E-state index contributed by atoms with van der Waals surface area (Å²) in [4.78, 5) is 12.6. The Labute approximate surface area is 164 Å². The Morgan fingerprint density at radius 3 is 2.67 bits per heavy atom. The molecule has 4 fully saturated rings. The summed E-state index contributed by atoms with van der Waals surface area (Å²) in [6.07, 6.45) is 14.7. The first-order valence-corrected chi connectivity index (χ1v) is 11.5. The van der Waals surface area contributed by atoms with Crippen molar-refractivity contribution >= 4 is 5.78 Å². The molecule has 3 heteroatoms. The smallest absolute Gasteiger partial charge is 0.139 e. The number of carbonyl (C=O) groups excluding carboxylic acids is 1. The zero-order valence-electron chi connectivity index (χ0n) is 17.2. The quantitative estimate of drug-likeness (QED) is 0.634. The average molecular weight is 373 g/mol. The minimum absolute atomic E-state index is 0.00976. The number of carbonyl (C=O) groups is 1. The molecule has 0 aromatic heterocycles. The molecule has 0 aromatic carbocycles. The Bertz CT molecular complexity index is 634. The number of ether oxygens (including phenoxy) is 2. The molecule has 7 atom stereocenters. The molecular weight excluding hydrogens is 336 g/mol. The van der Waals surface area contributed by atoms with Gasteiger partial charge in [-0.3, -0.25) is 4.79 Å². The third kappa shape index (κ3) is 2.87. The van der Waals surface area contributed by atoms with Crippen molar-refractivity contribution in [3.8, 4) is 0 Å². The van der Waals surface area contributed by atoms with E-state index in [2.05, 4.69) is 19.9 Å². The van der Waals surface area contributed by atoms with E-state index in [0.717, 1.165) is 63.6 Å². The zero-order chi connectivity index (χ0) is 18.6. The summed E-state index contributed by atoms with van der Waals surface area (Å²) in [7, 11) is 0. The van der Waals surface area contributed by atoms with Crippen LogP contribution in [0, 0.1) is 28.6 Å². The Kier molecular flexibility index (Phi) is 4.55. The first-order valence-electron chi connectivity index (χ1n) is 11.5. The molecule has 1 aliphatic heterocycles. The molecule has 1 unspecified atom stereocenters. The molecule has 0 bridgehead atoms. The van der Waals surface area contributed by atoms with E-state index in [9.17, 15) is 4.79 Å². The van der Waals surface area contributed by atoms with Crippen molar-refractivity contribution in [3.05, 3.63) is 11.6 Å². The molecule has 3 saturated carbocycles. The van der Waals surface area contributed by atoms with Crippen molar-refractivity contribution in [1.82, 2.24) is 0 Å².